The summed E-state index contributed by atoms with van der Waals surface area (Å²) < 4.78 is 61.7. The minimum Gasteiger partial charge on any atom is -0.486 e. The Morgan fingerprint density at radius 3 is 2.63 bits per heavy atom. The molecule has 2 fully saturated rings. The number of anilines is 2. The summed E-state index contributed by atoms with van der Waals surface area (Å²) in [6, 6.07) is 8.32. The van der Waals surface area contributed by atoms with E-state index in [0.717, 1.165) is 21.9 Å². The van der Waals surface area contributed by atoms with E-state index in [4.69, 9.17) is 22.2 Å². The number of thioether (sulfide) groups is 1. The maximum atomic E-state index is 15.2. The first-order valence-electron chi connectivity index (χ1n) is 10.7. The summed E-state index contributed by atoms with van der Waals surface area (Å²) in [7, 11) is 0. The molecule has 2 aliphatic heterocycles. The molecule has 1 N–H and O–H groups in total. The Hall–Kier alpha value is -2.88. The number of nitrogens with zero attached hydrogens (tertiary/aromatic N) is 3. The van der Waals surface area contributed by atoms with Gasteiger partial charge in [-0.1, -0.05) is 0 Å². The van der Waals surface area contributed by atoms with Gasteiger partial charge in [0.25, 0.3) is 5.91 Å². The van der Waals surface area contributed by atoms with Crippen molar-refractivity contribution >= 4 is 46.4 Å². The Balaban J connectivity index is 1.59. The highest BCUT2D eigenvalue weighted by Gasteiger charge is 2.60. The smallest absolute Gasteiger partial charge is 0.420 e. The van der Waals surface area contributed by atoms with Crippen LogP contribution in [0.25, 0.3) is 0 Å². The number of carbonyl (C=O) groups is 1. The second-order valence-corrected chi connectivity index (χ2v) is 9.87. The average molecular weight is 524 g/mol. The van der Waals surface area contributed by atoms with Gasteiger partial charge >= 0.3 is 6.18 Å². The monoisotopic (exact) mass is 523 g/mol. The normalized spacial score (nSPS) is 21.0. The van der Waals surface area contributed by atoms with Crippen LogP contribution in [0.15, 0.2) is 35.2 Å². The van der Waals surface area contributed by atoms with Crippen molar-refractivity contribution in [2.45, 2.75) is 42.0 Å². The molecule has 1 aliphatic carbocycles. The van der Waals surface area contributed by atoms with Crippen molar-refractivity contribution in [1.29, 1.82) is 5.26 Å². The Morgan fingerprint density at radius 2 is 2.03 bits per heavy atom. The molecule has 2 heterocycles. The molecule has 182 valence electrons. The number of amides is 1. The fourth-order valence-corrected chi connectivity index (χ4v) is 6.10. The number of aliphatic hydroxyl groups is 1. The number of ether oxygens (including phenoxy) is 1. The molecule has 1 amide bonds. The molecule has 1 atom stereocenters. The second kappa shape index (κ2) is 8.36. The molecule has 0 aromatic heterocycles. The van der Waals surface area contributed by atoms with Gasteiger partial charge in [0.1, 0.15) is 23.0 Å². The molecule has 1 saturated carbocycles. The topological polar surface area (TPSA) is 76.8 Å². The van der Waals surface area contributed by atoms with Crippen molar-refractivity contribution in [2.24, 2.45) is 0 Å². The number of halogens is 4. The van der Waals surface area contributed by atoms with Crippen LogP contribution >= 0.6 is 24.0 Å². The van der Waals surface area contributed by atoms with Crippen molar-refractivity contribution in [2.75, 3.05) is 22.2 Å². The van der Waals surface area contributed by atoms with Crippen molar-refractivity contribution < 1.29 is 32.2 Å². The zero-order valence-electron chi connectivity index (χ0n) is 17.9. The third kappa shape index (κ3) is 3.56. The van der Waals surface area contributed by atoms with Gasteiger partial charge in [0.2, 0.25) is 0 Å². The standard InChI is InChI=1S/C23H17F4N3O3S2/c24-19-15(4-2-12(9-28)18(19)23(25,26)27)29-20(32)22(6-1-7-22)30(21(29)34)13-3-5-16-17(8-13)35-11-14(10-31)33-16/h2-5,8,14,31H,1,6-7,10-11H2/t14-/m0/s1. The molecule has 0 bridgehead atoms. The first kappa shape index (κ1) is 23.8. The van der Waals surface area contributed by atoms with Gasteiger partial charge < -0.3 is 14.7 Å². The molecule has 35 heavy (non-hydrogen) atoms. The number of thiocarbonyl (C=S) groups is 1. The Morgan fingerprint density at radius 1 is 1.29 bits per heavy atom. The van der Waals surface area contributed by atoms with E-state index in [2.05, 4.69) is 0 Å². The third-order valence-corrected chi connectivity index (χ3v) is 8.00. The van der Waals surface area contributed by atoms with E-state index in [9.17, 15) is 23.1 Å². The van der Waals surface area contributed by atoms with Crippen LogP contribution in [0, 0.1) is 17.1 Å². The number of carbonyl (C=O) groups excluding carboxylic acids is 1. The third-order valence-electron chi connectivity index (χ3n) is 6.47. The van der Waals surface area contributed by atoms with Gasteiger partial charge in [0.05, 0.1) is 28.8 Å². The number of fused-ring (bicyclic) bond motifs is 1. The first-order chi connectivity index (χ1) is 16.6. The van der Waals surface area contributed by atoms with E-state index in [1.54, 1.807) is 23.1 Å². The molecule has 5 rings (SSSR count). The number of nitriles is 1. The summed E-state index contributed by atoms with van der Waals surface area (Å²) in [6.07, 6.45) is -3.97. The summed E-state index contributed by atoms with van der Waals surface area (Å²) in [5.41, 5.74) is -3.83. The Labute approximate surface area is 207 Å². The molecule has 3 aliphatic rings. The van der Waals surface area contributed by atoms with Crippen LogP contribution in [-0.2, 0) is 11.0 Å². The number of hydrogen-bond acceptors (Lipinski definition) is 6. The van der Waals surface area contributed by atoms with E-state index in [0.29, 0.717) is 36.5 Å². The van der Waals surface area contributed by atoms with E-state index in [1.165, 1.54) is 17.8 Å². The molecule has 2 aromatic carbocycles. The van der Waals surface area contributed by atoms with Gasteiger partial charge in [-0.2, -0.15) is 18.4 Å². The number of rotatable bonds is 3. The van der Waals surface area contributed by atoms with E-state index >= 15 is 4.39 Å². The van der Waals surface area contributed by atoms with Crippen molar-refractivity contribution in [3.63, 3.8) is 0 Å². The van der Waals surface area contributed by atoms with Crippen LogP contribution < -0.4 is 14.5 Å². The van der Waals surface area contributed by atoms with E-state index in [1.807, 2.05) is 0 Å². The fraction of sp³-hybridized carbons (Fsp3) is 0.348. The minimum atomic E-state index is -5.13. The van der Waals surface area contributed by atoms with Crippen LogP contribution in [0.5, 0.6) is 5.75 Å². The Kier molecular flexibility index (Phi) is 5.69. The predicted octanol–water partition coefficient (Wildman–Crippen LogP) is 4.62. The number of aliphatic hydroxyl groups excluding tert-OH is 1. The highest BCUT2D eigenvalue weighted by Crippen LogP contribution is 2.50. The highest BCUT2D eigenvalue weighted by atomic mass is 32.2. The minimum absolute atomic E-state index is 0.132. The van der Waals surface area contributed by atoms with Gasteiger partial charge in [-0.05, 0) is 61.8 Å². The SMILES string of the molecule is N#Cc1ccc(N2C(=O)C3(CCC3)N(c3ccc4c(c3)SC[C@H](CO)O4)C2=S)c(F)c1C(F)(F)F. The summed E-state index contributed by atoms with van der Waals surface area (Å²) >= 11 is 7.01. The van der Waals surface area contributed by atoms with Crippen LogP contribution in [0.4, 0.5) is 28.9 Å². The summed E-state index contributed by atoms with van der Waals surface area (Å²) in [5, 5.41) is 18.3. The highest BCUT2D eigenvalue weighted by molar-refractivity contribution is 7.99. The van der Waals surface area contributed by atoms with Gasteiger partial charge in [-0.25, -0.2) is 4.39 Å². The Bertz CT molecular complexity index is 1290. The lowest BCUT2D eigenvalue weighted by atomic mass is 9.75. The van der Waals surface area contributed by atoms with Gasteiger partial charge in [-0.15, -0.1) is 11.8 Å². The molecule has 0 radical (unpaired) electrons. The second-order valence-electron chi connectivity index (χ2n) is 8.44. The lowest BCUT2D eigenvalue weighted by Crippen LogP contribution is -2.55. The molecule has 1 spiro atoms. The van der Waals surface area contributed by atoms with Crippen LogP contribution in [0.2, 0.25) is 0 Å². The van der Waals surface area contributed by atoms with Gasteiger partial charge in [0, 0.05) is 11.4 Å². The van der Waals surface area contributed by atoms with Crippen molar-refractivity contribution in [1.82, 2.24) is 0 Å². The van der Waals surface area contributed by atoms with E-state index in [-0.39, 0.29) is 17.8 Å². The lowest BCUT2D eigenvalue weighted by molar-refractivity contribution is -0.140. The molecule has 1 saturated heterocycles. The summed E-state index contributed by atoms with van der Waals surface area (Å²) in [5.74, 6) is -1.24. The number of alkyl halides is 3. The lowest BCUT2D eigenvalue weighted by Gasteiger charge is -2.43. The zero-order valence-corrected chi connectivity index (χ0v) is 19.6. The summed E-state index contributed by atoms with van der Waals surface area (Å²) in [4.78, 5) is 16.7. The first-order valence-corrected chi connectivity index (χ1v) is 12.0. The van der Waals surface area contributed by atoms with Gasteiger partial charge in [-0.3, -0.25) is 9.69 Å². The molecule has 0 unspecified atom stereocenters. The largest absolute Gasteiger partial charge is 0.486 e. The van der Waals surface area contributed by atoms with E-state index < -0.39 is 40.3 Å². The number of benzene rings is 2. The van der Waals surface area contributed by atoms with Crippen LogP contribution in [0.1, 0.15) is 30.4 Å². The zero-order chi connectivity index (χ0) is 25.1. The van der Waals surface area contributed by atoms with Crippen molar-refractivity contribution in [3.8, 4) is 11.8 Å². The molecule has 6 nitrogen and oxygen atoms in total. The van der Waals surface area contributed by atoms with Crippen LogP contribution in [0.3, 0.4) is 0 Å². The predicted molar refractivity (Wildman–Crippen MR) is 124 cm³/mol. The summed E-state index contributed by atoms with van der Waals surface area (Å²) in [6.45, 7) is -0.132. The quantitative estimate of drug-likeness (QED) is 0.465. The average Bonchev–Trinajstić information content (AvgIpc) is 3.04. The number of hydrogen-bond donors (Lipinski definition) is 1. The molecular formula is C23H17F4N3O3S2. The molecule has 12 heteroatoms. The molecular weight excluding hydrogens is 506 g/mol. The fourth-order valence-electron chi connectivity index (χ4n) is 4.63. The van der Waals surface area contributed by atoms with Gasteiger partial charge in [0.15, 0.2) is 10.9 Å². The van der Waals surface area contributed by atoms with Crippen LogP contribution in [-0.4, -0.2) is 40.1 Å². The maximum Gasteiger partial charge on any atom is 0.420 e. The van der Waals surface area contributed by atoms with Crippen molar-refractivity contribution in [3.05, 3.63) is 47.3 Å². The maximum absolute atomic E-state index is 15.2. The molecule has 2 aromatic rings.